The van der Waals surface area contributed by atoms with Crippen LogP contribution >= 0.6 is 11.8 Å². The summed E-state index contributed by atoms with van der Waals surface area (Å²) in [6, 6.07) is 0. The van der Waals surface area contributed by atoms with E-state index in [1.54, 1.807) is 0 Å². The number of carbonyl (C=O) groups excluding carboxylic acids is 1. The monoisotopic (exact) mass is 264 g/mol. The van der Waals surface area contributed by atoms with Crippen molar-refractivity contribution >= 4 is 16.9 Å². The Labute approximate surface area is 94.8 Å². The molecule has 7 heteroatoms. The molecule has 0 fully saturated rings. The largest absolute Gasteiger partial charge is 0.311 e. The molecule has 0 rings (SSSR count). The van der Waals surface area contributed by atoms with Crippen LogP contribution in [0.4, 0.5) is 22.0 Å². The molecule has 1 nitrogen and oxygen atoms in total. The van der Waals surface area contributed by atoms with Crippen LogP contribution in [0.15, 0.2) is 0 Å². The van der Waals surface area contributed by atoms with E-state index in [4.69, 9.17) is 0 Å². The molecule has 0 spiro atoms. The maximum Gasteiger partial charge on any atom is 0.311 e. The predicted molar refractivity (Wildman–Crippen MR) is 53.1 cm³/mol. The summed E-state index contributed by atoms with van der Waals surface area (Å²) in [6.45, 7) is -0.609. The number of hydrogen-bond acceptors (Lipinski definition) is 2. The van der Waals surface area contributed by atoms with E-state index in [0.29, 0.717) is 0 Å². The van der Waals surface area contributed by atoms with Crippen molar-refractivity contribution in [3.63, 3.8) is 0 Å². The van der Waals surface area contributed by atoms with Crippen LogP contribution in [-0.2, 0) is 4.79 Å². The molecule has 0 amide bonds. The third kappa shape index (κ3) is 5.14. The summed E-state index contributed by atoms with van der Waals surface area (Å²) in [5, 5.41) is -0.200. The molecule has 0 aliphatic heterocycles. The second kappa shape index (κ2) is 7.09. The average molecular weight is 264 g/mol. The lowest BCUT2D eigenvalue weighted by atomic mass is 10.1. The molecule has 0 radical (unpaired) electrons. The first-order valence-electron chi connectivity index (χ1n) is 4.67. The Morgan fingerprint density at radius 3 is 2.31 bits per heavy atom. The van der Waals surface area contributed by atoms with Gasteiger partial charge in [-0.25, -0.2) is 22.0 Å². The Hall–Kier alpha value is -0.330. The number of alkyl halides is 5. The van der Waals surface area contributed by atoms with Gasteiger partial charge in [0.2, 0.25) is 0 Å². The Balaban J connectivity index is 3.95. The fourth-order valence-electron chi connectivity index (χ4n) is 0.970. The number of hydrogen-bond donors (Lipinski definition) is 0. The first-order valence-corrected chi connectivity index (χ1v) is 5.66. The van der Waals surface area contributed by atoms with Crippen LogP contribution in [0.5, 0.6) is 0 Å². The summed E-state index contributed by atoms with van der Waals surface area (Å²) in [4.78, 5) is 10.5. The zero-order chi connectivity index (χ0) is 12.8. The van der Waals surface area contributed by atoms with E-state index in [0.717, 1.165) is 11.8 Å². The topological polar surface area (TPSA) is 17.1 Å². The Bertz CT molecular complexity index is 224. The van der Waals surface area contributed by atoms with Crippen molar-refractivity contribution in [3.05, 3.63) is 0 Å². The number of rotatable bonds is 7. The predicted octanol–water partition coefficient (Wildman–Crippen LogP) is 3.33. The Kier molecular flexibility index (Phi) is 6.94. The van der Waals surface area contributed by atoms with Gasteiger partial charge in [-0.15, -0.1) is 0 Å². The first kappa shape index (κ1) is 15.7. The summed E-state index contributed by atoms with van der Waals surface area (Å²) in [5.41, 5.74) is 0. The first-order chi connectivity index (χ1) is 7.32. The van der Waals surface area contributed by atoms with Crippen molar-refractivity contribution < 1.29 is 26.7 Å². The van der Waals surface area contributed by atoms with E-state index < -0.39 is 31.4 Å². The Morgan fingerprint density at radius 1 is 1.31 bits per heavy atom. The third-order valence-corrected chi connectivity index (χ3v) is 2.78. The van der Waals surface area contributed by atoms with E-state index in [9.17, 15) is 26.7 Å². The summed E-state index contributed by atoms with van der Waals surface area (Å²) >= 11 is 0.880. The molecule has 0 aromatic rings. The normalized spacial score (nSPS) is 15.9. The van der Waals surface area contributed by atoms with Gasteiger partial charge in [0.15, 0.2) is 17.5 Å². The second-order valence-electron chi connectivity index (χ2n) is 3.25. The lowest BCUT2D eigenvalue weighted by Crippen LogP contribution is -2.41. The molecule has 16 heavy (non-hydrogen) atoms. The smallest absolute Gasteiger partial charge is 0.288 e. The van der Waals surface area contributed by atoms with Crippen LogP contribution in [-0.4, -0.2) is 35.8 Å². The highest BCUT2D eigenvalue weighted by Crippen LogP contribution is 2.31. The highest BCUT2D eigenvalue weighted by Gasteiger charge is 2.48. The van der Waals surface area contributed by atoms with Gasteiger partial charge in [0.1, 0.15) is 6.67 Å². The quantitative estimate of drug-likeness (QED) is 0.518. The molecule has 0 saturated carbocycles. The molecule has 0 aromatic heterocycles. The van der Waals surface area contributed by atoms with Gasteiger partial charge in [-0.3, -0.25) is 4.79 Å². The standard InChI is InChI=1S/C9H13F5OS/c1-6(15)16-4-2-3-7(11)9(13,14)8(12)5-10/h7-8H,2-5H2,1H3. The molecular weight excluding hydrogens is 251 g/mol. The zero-order valence-electron chi connectivity index (χ0n) is 8.69. The Morgan fingerprint density at radius 2 is 1.88 bits per heavy atom. The molecule has 0 heterocycles. The lowest BCUT2D eigenvalue weighted by Gasteiger charge is -2.22. The van der Waals surface area contributed by atoms with E-state index in [1.807, 2.05) is 0 Å². The van der Waals surface area contributed by atoms with Gasteiger partial charge in [-0.05, 0) is 12.8 Å². The van der Waals surface area contributed by atoms with Crippen molar-refractivity contribution in [2.24, 2.45) is 0 Å². The van der Waals surface area contributed by atoms with Gasteiger partial charge in [0.25, 0.3) is 0 Å². The van der Waals surface area contributed by atoms with Gasteiger partial charge in [-0.1, -0.05) is 11.8 Å². The number of halogens is 5. The molecule has 0 N–H and O–H groups in total. The van der Waals surface area contributed by atoms with E-state index >= 15 is 0 Å². The van der Waals surface area contributed by atoms with E-state index in [-0.39, 0.29) is 17.3 Å². The molecule has 0 saturated heterocycles. The number of thioether (sulfide) groups is 1. The van der Waals surface area contributed by atoms with Crippen LogP contribution in [0.3, 0.4) is 0 Å². The van der Waals surface area contributed by atoms with Crippen LogP contribution in [0.1, 0.15) is 19.8 Å². The third-order valence-electron chi connectivity index (χ3n) is 1.88. The highest BCUT2D eigenvalue weighted by molar-refractivity contribution is 8.13. The van der Waals surface area contributed by atoms with Crippen molar-refractivity contribution in [2.75, 3.05) is 12.4 Å². The highest BCUT2D eigenvalue weighted by atomic mass is 32.2. The van der Waals surface area contributed by atoms with E-state index in [1.165, 1.54) is 6.92 Å². The van der Waals surface area contributed by atoms with Crippen LogP contribution in [0.25, 0.3) is 0 Å². The molecule has 2 unspecified atom stereocenters. The van der Waals surface area contributed by atoms with Crippen molar-refractivity contribution in [3.8, 4) is 0 Å². The minimum Gasteiger partial charge on any atom is -0.288 e. The molecule has 0 aliphatic rings. The fraction of sp³-hybridized carbons (Fsp3) is 0.889. The molecule has 96 valence electrons. The van der Waals surface area contributed by atoms with Crippen molar-refractivity contribution in [1.82, 2.24) is 0 Å². The summed E-state index contributed by atoms with van der Waals surface area (Å²) in [5.74, 6) is -4.10. The van der Waals surface area contributed by atoms with Crippen LogP contribution < -0.4 is 0 Å². The summed E-state index contributed by atoms with van der Waals surface area (Å²) < 4.78 is 62.4. The fourth-order valence-corrected chi connectivity index (χ4v) is 1.57. The van der Waals surface area contributed by atoms with E-state index in [2.05, 4.69) is 0 Å². The second-order valence-corrected chi connectivity index (χ2v) is 4.52. The van der Waals surface area contributed by atoms with Crippen LogP contribution in [0, 0.1) is 0 Å². The minimum atomic E-state index is -4.30. The number of carbonyl (C=O) groups is 1. The molecule has 0 aliphatic carbocycles. The average Bonchev–Trinajstić information content (AvgIpc) is 2.22. The zero-order valence-corrected chi connectivity index (χ0v) is 9.51. The van der Waals surface area contributed by atoms with Gasteiger partial charge >= 0.3 is 5.92 Å². The molecule has 0 bridgehead atoms. The maximum absolute atomic E-state index is 12.9. The van der Waals surface area contributed by atoms with Crippen molar-refractivity contribution in [2.45, 2.75) is 38.0 Å². The van der Waals surface area contributed by atoms with Gasteiger partial charge in [-0.2, -0.15) is 0 Å². The van der Waals surface area contributed by atoms with Gasteiger partial charge in [0.05, 0.1) is 0 Å². The SMILES string of the molecule is CC(=O)SCCCC(F)C(F)(F)C(F)CF. The molecular formula is C9H13F5OS. The maximum atomic E-state index is 12.9. The van der Waals surface area contributed by atoms with Gasteiger partial charge in [0, 0.05) is 12.7 Å². The van der Waals surface area contributed by atoms with Gasteiger partial charge < -0.3 is 0 Å². The molecule has 0 aromatic carbocycles. The van der Waals surface area contributed by atoms with Crippen molar-refractivity contribution in [1.29, 1.82) is 0 Å². The molecule has 2 atom stereocenters. The lowest BCUT2D eigenvalue weighted by molar-refractivity contribution is -0.133. The minimum absolute atomic E-state index is 0.0139. The summed E-state index contributed by atoms with van der Waals surface area (Å²) in [6.07, 6.45) is -6.40. The van der Waals surface area contributed by atoms with Crippen LogP contribution in [0.2, 0.25) is 0 Å². The summed E-state index contributed by atoms with van der Waals surface area (Å²) in [7, 11) is 0.